The molecule has 0 atom stereocenters. The molecule has 0 amide bonds. The van der Waals surface area contributed by atoms with Gasteiger partial charge in [-0.1, -0.05) is 0 Å². The molecule has 2 aromatic rings. The van der Waals surface area contributed by atoms with E-state index in [-0.39, 0.29) is 24.0 Å². The zero-order chi connectivity index (χ0) is 15.2. The number of rotatable bonds is 5. The van der Waals surface area contributed by atoms with E-state index in [4.69, 9.17) is 4.42 Å². The lowest BCUT2D eigenvalue weighted by Crippen LogP contribution is -2.38. The summed E-state index contributed by atoms with van der Waals surface area (Å²) in [5.41, 5.74) is 2.29. The van der Waals surface area contributed by atoms with Crippen molar-refractivity contribution in [2.45, 2.75) is 20.0 Å². The summed E-state index contributed by atoms with van der Waals surface area (Å²) >= 11 is 3.50. The Morgan fingerprint density at radius 2 is 2.27 bits per heavy atom. The van der Waals surface area contributed by atoms with Crippen LogP contribution in [0.5, 0.6) is 0 Å². The van der Waals surface area contributed by atoms with Gasteiger partial charge in [0.2, 0.25) is 0 Å². The van der Waals surface area contributed by atoms with Crippen LogP contribution in [0.15, 0.2) is 44.7 Å². The van der Waals surface area contributed by atoms with Crippen molar-refractivity contribution in [3.05, 3.63) is 46.6 Å². The van der Waals surface area contributed by atoms with Crippen molar-refractivity contribution in [2.24, 2.45) is 12.0 Å². The van der Waals surface area contributed by atoms with E-state index in [1.165, 1.54) is 5.69 Å². The van der Waals surface area contributed by atoms with Gasteiger partial charge in [0.1, 0.15) is 0 Å². The second kappa shape index (κ2) is 9.24. The summed E-state index contributed by atoms with van der Waals surface area (Å²) in [6.07, 6.45) is 5.45. The van der Waals surface area contributed by atoms with E-state index < -0.39 is 0 Å². The van der Waals surface area contributed by atoms with Gasteiger partial charge in [-0.25, -0.2) is 4.99 Å². The lowest BCUT2D eigenvalue weighted by atomic mass is 10.3. The number of aliphatic imine (C=N–C) groups is 1. The molecule has 0 aromatic carbocycles. The van der Waals surface area contributed by atoms with Gasteiger partial charge in [-0.3, -0.25) is 0 Å². The monoisotopic (exact) mass is 480 g/mol. The molecule has 2 aromatic heterocycles. The van der Waals surface area contributed by atoms with E-state index in [9.17, 15) is 0 Å². The van der Waals surface area contributed by atoms with Gasteiger partial charge < -0.3 is 19.2 Å². The molecule has 0 bridgehead atoms. The Morgan fingerprint density at radius 1 is 1.50 bits per heavy atom. The molecule has 22 heavy (non-hydrogen) atoms. The molecule has 0 saturated heterocycles. The Morgan fingerprint density at radius 3 is 2.82 bits per heavy atom. The van der Waals surface area contributed by atoms with Crippen LogP contribution in [-0.4, -0.2) is 29.0 Å². The van der Waals surface area contributed by atoms with E-state index in [1.807, 2.05) is 20.2 Å². The number of aromatic nitrogens is 1. The number of halogens is 2. The van der Waals surface area contributed by atoms with Gasteiger partial charge in [-0.05, 0) is 35.0 Å². The van der Waals surface area contributed by atoms with Gasteiger partial charge in [-0.2, -0.15) is 0 Å². The molecule has 2 rings (SSSR count). The fraction of sp³-hybridized carbons (Fsp3) is 0.400. The van der Waals surface area contributed by atoms with Crippen molar-refractivity contribution in [3.63, 3.8) is 0 Å². The molecule has 7 heteroatoms. The Bertz CT molecular complexity index is 595. The van der Waals surface area contributed by atoms with Crippen LogP contribution in [0.4, 0.5) is 0 Å². The van der Waals surface area contributed by atoms with Crippen molar-refractivity contribution < 1.29 is 4.42 Å². The molecule has 0 saturated carbocycles. The number of nitrogens with zero attached hydrogens (tertiary/aromatic N) is 3. The highest BCUT2D eigenvalue weighted by Crippen LogP contribution is 2.15. The largest absolute Gasteiger partial charge is 0.472 e. The average Bonchev–Trinajstić information content (AvgIpc) is 3.05. The standard InChI is InChI=1S/C15H21BrN4O.HI/c1-4-17-15(18-8-12-5-6-21-11-12)20(3)10-14-7-13(16)9-19(14)2;/h5-7,9,11H,4,8,10H2,1-3H3,(H,17,18);1H. The Labute approximate surface area is 156 Å². The quantitative estimate of drug-likeness (QED) is 0.404. The van der Waals surface area contributed by atoms with Crippen LogP contribution in [0.1, 0.15) is 18.2 Å². The first kappa shape index (κ1) is 19.1. The maximum Gasteiger partial charge on any atom is 0.194 e. The van der Waals surface area contributed by atoms with Crippen LogP contribution < -0.4 is 5.32 Å². The maximum absolute atomic E-state index is 5.07. The zero-order valence-corrected chi connectivity index (χ0v) is 17.0. The minimum absolute atomic E-state index is 0. The fourth-order valence-corrected chi connectivity index (χ4v) is 2.63. The highest BCUT2D eigenvalue weighted by Gasteiger charge is 2.09. The number of guanidine groups is 1. The first-order chi connectivity index (χ1) is 10.1. The molecule has 0 aliphatic rings. The fourth-order valence-electron chi connectivity index (χ4n) is 2.06. The van der Waals surface area contributed by atoms with E-state index in [0.29, 0.717) is 6.54 Å². The van der Waals surface area contributed by atoms with E-state index in [1.54, 1.807) is 12.5 Å². The average molecular weight is 481 g/mol. The number of hydrogen-bond acceptors (Lipinski definition) is 2. The van der Waals surface area contributed by atoms with Crippen molar-refractivity contribution in [1.29, 1.82) is 0 Å². The summed E-state index contributed by atoms with van der Waals surface area (Å²) in [5.74, 6) is 0.885. The lowest BCUT2D eigenvalue weighted by molar-refractivity contribution is 0.461. The van der Waals surface area contributed by atoms with Crippen LogP contribution in [0.2, 0.25) is 0 Å². The topological polar surface area (TPSA) is 45.7 Å². The molecule has 0 aliphatic carbocycles. The predicted molar refractivity (Wildman–Crippen MR) is 104 cm³/mol. The Balaban J connectivity index is 0.00000242. The minimum atomic E-state index is 0. The molecule has 0 fully saturated rings. The van der Waals surface area contributed by atoms with Crippen molar-refractivity contribution in [3.8, 4) is 0 Å². The number of nitrogens with one attached hydrogen (secondary N) is 1. The minimum Gasteiger partial charge on any atom is -0.472 e. The second-order valence-corrected chi connectivity index (χ2v) is 5.83. The van der Waals surface area contributed by atoms with Crippen LogP contribution >= 0.6 is 39.9 Å². The number of furan rings is 1. The third-order valence-corrected chi connectivity index (χ3v) is 3.60. The summed E-state index contributed by atoms with van der Waals surface area (Å²) < 4.78 is 8.27. The van der Waals surface area contributed by atoms with Crippen molar-refractivity contribution in [1.82, 2.24) is 14.8 Å². The normalized spacial score (nSPS) is 11.2. The van der Waals surface area contributed by atoms with Crippen LogP contribution in [0.3, 0.4) is 0 Å². The molecule has 0 unspecified atom stereocenters. The zero-order valence-electron chi connectivity index (χ0n) is 13.0. The summed E-state index contributed by atoms with van der Waals surface area (Å²) in [4.78, 5) is 6.76. The summed E-state index contributed by atoms with van der Waals surface area (Å²) in [5, 5.41) is 3.32. The third-order valence-electron chi connectivity index (χ3n) is 3.16. The number of hydrogen-bond donors (Lipinski definition) is 1. The SMILES string of the molecule is CCNC(=NCc1ccoc1)N(C)Cc1cc(Br)cn1C.I. The molecule has 0 aliphatic heterocycles. The van der Waals surface area contributed by atoms with E-state index in [0.717, 1.165) is 29.1 Å². The molecule has 0 spiro atoms. The van der Waals surface area contributed by atoms with Gasteiger partial charge in [0, 0.05) is 42.6 Å². The smallest absolute Gasteiger partial charge is 0.194 e. The van der Waals surface area contributed by atoms with Gasteiger partial charge in [0.05, 0.1) is 25.6 Å². The molecule has 5 nitrogen and oxygen atoms in total. The lowest BCUT2D eigenvalue weighted by Gasteiger charge is -2.22. The number of aryl methyl sites for hydroxylation is 1. The van der Waals surface area contributed by atoms with Crippen LogP contribution in [0.25, 0.3) is 0 Å². The van der Waals surface area contributed by atoms with Gasteiger partial charge in [0.25, 0.3) is 0 Å². The molecular formula is C15H22BrIN4O. The molecule has 1 N–H and O–H groups in total. The third kappa shape index (κ3) is 5.35. The maximum atomic E-state index is 5.07. The first-order valence-electron chi connectivity index (χ1n) is 6.91. The van der Waals surface area contributed by atoms with Crippen molar-refractivity contribution >= 4 is 45.9 Å². The second-order valence-electron chi connectivity index (χ2n) is 4.92. The van der Waals surface area contributed by atoms with Crippen LogP contribution in [0, 0.1) is 0 Å². The molecular weight excluding hydrogens is 459 g/mol. The first-order valence-corrected chi connectivity index (χ1v) is 7.70. The van der Waals surface area contributed by atoms with E-state index >= 15 is 0 Å². The summed E-state index contributed by atoms with van der Waals surface area (Å²) in [6.45, 7) is 4.31. The Hall–Kier alpha value is -0.960. The van der Waals surface area contributed by atoms with Gasteiger partial charge >= 0.3 is 0 Å². The highest BCUT2D eigenvalue weighted by atomic mass is 127. The predicted octanol–water partition coefficient (Wildman–Crippen LogP) is 3.60. The summed E-state index contributed by atoms with van der Waals surface area (Å²) in [7, 11) is 4.08. The summed E-state index contributed by atoms with van der Waals surface area (Å²) in [6, 6.07) is 4.05. The molecule has 2 heterocycles. The van der Waals surface area contributed by atoms with Gasteiger partial charge in [0.15, 0.2) is 5.96 Å². The van der Waals surface area contributed by atoms with Crippen LogP contribution in [-0.2, 0) is 20.1 Å². The van der Waals surface area contributed by atoms with Gasteiger partial charge in [-0.15, -0.1) is 24.0 Å². The molecule has 0 radical (unpaired) electrons. The Kier molecular flexibility index (Phi) is 8.02. The highest BCUT2D eigenvalue weighted by molar-refractivity contribution is 14.0. The molecule has 122 valence electrons. The van der Waals surface area contributed by atoms with Crippen molar-refractivity contribution in [2.75, 3.05) is 13.6 Å². The van der Waals surface area contributed by atoms with E-state index in [2.05, 4.69) is 54.9 Å².